The second-order valence-corrected chi connectivity index (χ2v) is 5.45. The lowest BCUT2D eigenvalue weighted by Crippen LogP contribution is -2.29. The van der Waals surface area contributed by atoms with E-state index >= 15 is 0 Å². The van der Waals surface area contributed by atoms with Crippen molar-refractivity contribution in [2.24, 2.45) is 0 Å². The molecule has 2 N–H and O–H groups in total. The zero-order valence-corrected chi connectivity index (χ0v) is 11.9. The molecule has 0 unspecified atom stereocenters. The molecule has 1 aliphatic heterocycles. The number of fused-ring (bicyclic) bond motifs is 1. The van der Waals surface area contributed by atoms with Crippen LogP contribution in [0.5, 0.6) is 11.6 Å². The van der Waals surface area contributed by atoms with E-state index in [0.717, 1.165) is 38.4 Å². The number of hydrogen-bond acceptors (Lipinski definition) is 4. The van der Waals surface area contributed by atoms with E-state index in [9.17, 15) is 14.7 Å². The summed E-state index contributed by atoms with van der Waals surface area (Å²) in [6.45, 7) is 0.731. The van der Waals surface area contributed by atoms with Gasteiger partial charge in [-0.3, -0.25) is 14.3 Å². The Morgan fingerprint density at radius 3 is 2.90 bits per heavy atom. The quantitative estimate of drug-likeness (QED) is 0.855. The lowest BCUT2D eigenvalue weighted by Gasteiger charge is -2.11. The Balaban J connectivity index is 2.09. The number of aromatic amines is 1. The minimum Gasteiger partial charge on any atom is -0.494 e. The highest BCUT2D eigenvalue weighted by atomic mass is 79.9. The van der Waals surface area contributed by atoms with Gasteiger partial charge < -0.3 is 9.84 Å². The molecule has 1 aliphatic rings. The summed E-state index contributed by atoms with van der Waals surface area (Å²) in [5, 5.41) is 9.74. The predicted molar refractivity (Wildman–Crippen MR) is 75.4 cm³/mol. The number of nitrogens with zero attached hydrogens (tertiary/aromatic N) is 1. The average Bonchev–Trinajstić information content (AvgIpc) is 2.81. The Labute approximate surface area is 121 Å². The smallest absolute Gasteiger partial charge is 0.331 e. The molecule has 3 rings (SSSR count). The number of aromatic hydroxyl groups is 1. The van der Waals surface area contributed by atoms with E-state index < -0.39 is 11.2 Å². The van der Waals surface area contributed by atoms with E-state index in [2.05, 4.69) is 20.9 Å². The number of halogens is 1. The first-order valence-electron chi connectivity index (χ1n) is 6.02. The highest BCUT2D eigenvalue weighted by molar-refractivity contribution is 9.10. The van der Waals surface area contributed by atoms with Crippen LogP contribution in [0.1, 0.15) is 11.1 Å². The Kier molecular flexibility index (Phi) is 3.13. The standard InChI is InChI=1S/C13H11BrN2O4/c14-9-3-7-1-2-20-12(7)8(4-9)6-16-11(18)5-10(17)15-13(16)19/h3-5,18H,1-2,6H2,(H,15,17,19). The fourth-order valence-electron chi connectivity index (χ4n) is 2.29. The maximum Gasteiger partial charge on any atom is 0.331 e. The van der Waals surface area contributed by atoms with Crippen LogP contribution in [-0.4, -0.2) is 21.3 Å². The summed E-state index contributed by atoms with van der Waals surface area (Å²) >= 11 is 3.41. The van der Waals surface area contributed by atoms with E-state index in [0.29, 0.717) is 6.61 Å². The van der Waals surface area contributed by atoms with Crippen molar-refractivity contribution in [3.63, 3.8) is 0 Å². The van der Waals surface area contributed by atoms with Gasteiger partial charge in [-0.25, -0.2) is 4.79 Å². The third kappa shape index (κ3) is 2.24. The topological polar surface area (TPSA) is 84.3 Å². The van der Waals surface area contributed by atoms with Crippen LogP contribution in [0.3, 0.4) is 0 Å². The molecule has 2 heterocycles. The van der Waals surface area contributed by atoms with Crippen molar-refractivity contribution >= 4 is 15.9 Å². The van der Waals surface area contributed by atoms with Crippen LogP contribution in [0.4, 0.5) is 0 Å². The van der Waals surface area contributed by atoms with Crippen LogP contribution in [0.25, 0.3) is 0 Å². The van der Waals surface area contributed by atoms with Gasteiger partial charge in [0.15, 0.2) is 0 Å². The fraction of sp³-hybridized carbons (Fsp3) is 0.231. The lowest BCUT2D eigenvalue weighted by atomic mass is 10.1. The molecular formula is C13H11BrN2O4. The maximum atomic E-state index is 11.7. The third-order valence-electron chi connectivity index (χ3n) is 3.17. The Bertz CT molecular complexity index is 794. The van der Waals surface area contributed by atoms with E-state index in [1.165, 1.54) is 0 Å². The number of hydrogen-bond donors (Lipinski definition) is 2. The van der Waals surface area contributed by atoms with Crippen molar-refractivity contribution < 1.29 is 9.84 Å². The molecule has 0 fully saturated rings. The van der Waals surface area contributed by atoms with Gasteiger partial charge in [-0.1, -0.05) is 15.9 Å². The maximum absolute atomic E-state index is 11.7. The van der Waals surface area contributed by atoms with Crippen molar-refractivity contribution in [1.29, 1.82) is 0 Å². The minimum atomic E-state index is -0.651. The number of aromatic nitrogens is 2. The summed E-state index contributed by atoms with van der Waals surface area (Å²) in [4.78, 5) is 25.0. The van der Waals surface area contributed by atoms with E-state index in [-0.39, 0.29) is 12.4 Å². The molecule has 20 heavy (non-hydrogen) atoms. The summed E-state index contributed by atoms with van der Waals surface area (Å²) < 4.78 is 7.54. The highest BCUT2D eigenvalue weighted by Gasteiger charge is 2.18. The fourth-order valence-corrected chi connectivity index (χ4v) is 2.85. The van der Waals surface area contributed by atoms with Gasteiger partial charge in [0.1, 0.15) is 5.75 Å². The normalized spacial score (nSPS) is 13.1. The average molecular weight is 339 g/mol. The number of benzene rings is 1. The number of nitrogens with one attached hydrogen (secondary N) is 1. The molecule has 0 saturated heterocycles. The molecule has 6 nitrogen and oxygen atoms in total. The van der Waals surface area contributed by atoms with Crippen molar-refractivity contribution in [2.75, 3.05) is 6.61 Å². The van der Waals surface area contributed by atoms with E-state index in [4.69, 9.17) is 4.74 Å². The molecule has 7 heteroatoms. The van der Waals surface area contributed by atoms with Crippen LogP contribution in [0.2, 0.25) is 0 Å². The van der Waals surface area contributed by atoms with Crippen molar-refractivity contribution in [3.05, 3.63) is 54.6 Å². The van der Waals surface area contributed by atoms with Gasteiger partial charge in [0.05, 0.1) is 19.2 Å². The van der Waals surface area contributed by atoms with Gasteiger partial charge >= 0.3 is 5.69 Å². The number of rotatable bonds is 2. The SMILES string of the molecule is O=c1cc(O)n(Cc2cc(Br)cc3c2OCC3)c(=O)[nH]1. The van der Waals surface area contributed by atoms with Crippen molar-refractivity contribution in [2.45, 2.75) is 13.0 Å². The molecule has 0 spiro atoms. The van der Waals surface area contributed by atoms with Crippen LogP contribution in [-0.2, 0) is 13.0 Å². The molecule has 0 atom stereocenters. The first-order valence-corrected chi connectivity index (χ1v) is 6.81. The van der Waals surface area contributed by atoms with E-state index in [1.807, 2.05) is 12.1 Å². The molecular weight excluding hydrogens is 328 g/mol. The molecule has 0 saturated carbocycles. The number of ether oxygens (including phenoxy) is 1. The van der Waals surface area contributed by atoms with Gasteiger partial charge in [0.25, 0.3) is 5.56 Å². The van der Waals surface area contributed by atoms with Crippen molar-refractivity contribution in [1.82, 2.24) is 9.55 Å². The minimum absolute atomic E-state index is 0.128. The second kappa shape index (κ2) is 4.82. The summed E-state index contributed by atoms with van der Waals surface area (Å²) in [5.74, 6) is 0.371. The highest BCUT2D eigenvalue weighted by Crippen LogP contribution is 2.33. The van der Waals surface area contributed by atoms with Crippen LogP contribution in [0.15, 0.2) is 32.3 Å². The molecule has 0 amide bonds. The van der Waals surface area contributed by atoms with Crippen LogP contribution >= 0.6 is 15.9 Å². The Hall–Kier alpha value is -2.02. The Morgan fingerprint density at radius 1 is 1.35 bits per heavy atom. The van der Waals surface area contributed by atoms with Crippen LogP contribution in [0, 0.1) is 0 Å². The van der Waals surface area contributed by atoms with Gasteiger partial charge in [-0.15, -0.1) is 0 Å². The second-order valence-electron chi connectivity index (χ2n) is 4.53. The van der Waals surface area contributed by atoms with Gasteiger partial charge in [0.2, 0.25) is 5.88 Å². The molecule has 0 radical (unpaired) electrons. The van der Waals surface area contributed by atoms with Gasteiger partial charge in [-0.05, 0) is 17.7 Å². The molecule has 0 aliphatic carbocycles. The summed E-state index contributed by atoms with van der Waals surface area (Å²) in [6, 6.07) is 4.78. The molecule has 1 aromatic carbocycles. The Morgan fingerprint density at radius 2 is 2.15 bits per heavy atom. The summed E-state index contributed by atoms with van der Waals surface area (Å²) in [6.07, 6.45) is 0.814. The molecule has 0 bridgehead atoms. The first-order chi connectivity index (χ1) is 9.54. The largest absolute Gasteiger partial charge is 0.494 e. The van der Waals surface area contributed by atoms with E-state index in [1.54, 1.807) is 0 Å². The molecule has 1 aromatic heterocycles. The first kappa shape index (κ1) is 13.0. The lowest BCUT2D eigenvalue weighted by molar-refractivity contribution is 0.350. The number of H-pyrrole nitrogens is 1. The molecule has 2 aromatic rings. The monoisotopic (exact) mass is 338 g/mol. The molecule has 104 valence electrons. The zero-order valence-electron chi connectivity index (χ0n) is 10.4. The van der Waals surface area contributed by atoms with Gasteiger partial charge in [-0.2, -0.15) is 0 Å². The third-order valence-corrected chi connectivity index (χ3v) is 3.62. The predicted octanol–water partition coefficient (Wildman–Crippen LogP) is 0.988. The van der Waals surface area contributed by atoms with Crippen LogP contribution < -0.4 is 16.0 Å². The van der Waals surface area contributed by atoms with Crippen molar-refractivity contribution in [3.8, 4) is 11.6 Å². The van der Waals surface area contributed by atoms with Gasteiger partial charge in [0, 0.05) is 16.5 Å². The summed E-state index contributed by atoms with van der Waals surface area (Å²) in [7, 11) is 0. The zero-order chi connectivity index (χ0) is 14.3. The summed E-state index contributed by atoms with van der Waals surface area (Å²) in [5.41, 5.74) is 0.559.